The van der Waals surface area contributed by atoms with Crippen LogP contribution in [0.15, 0.2) is 42.9 Å². The number of anilines is 2. The smallest absolute Gasteiger partial charge is 0.276 e. The van der Waals surface area contributed by atoms with Crippen LogP contribution in [0, 0.1) is 0 Å². The summed E-state index contributed by atoms with van der Waals surface area (Å²) in [5, 5.41) is 7.41. The van der Waals surface area contributed by atoms with Crippen molar-refractivity contribution in [2.45, 2.75) is 13.0 Å². The number of imidazole rings is 1. The highest BCUT2D eigenvalue weighted by molar-refractivity contribution is 6.03. The lowest BCUT2D eigenvalue weighted by Crippen LogP contribution is -2.41. The number of nitrogens with one attached hydrogen (secondary N) is 1. The molecule has 8 heteroatoms. The van der Waals surface area contributed by atoms with Gasteiger partial charge >= 0.3 is 0 Å². The molecule has 4 heterocycles. The fourth-order valence-electron chi connectivity index (χ4n) is 2.85. The summed E-state index contributed by atoms with van der Waals surface area (Å²) in [5.41, 5.74) is 1.63. The van der Waals surface area contributed by atoms with Crippen molar-refractivity contribution >= 4 is 23.1 Å². The van der Waals surface area contributed by atoms with Crippen LogP contribution in [0.3, 0.4) is 0 Å². The highest BCUT2D eigenvalue weighted by atomic mass is 16.5. The number of nitrogens with zero attached hydrogens (tertiary/aromatic N) is 5. The largest absolute Gasteiger partial charge is 0.375 e. The zero-order chi connectivity index (χ0) is 17.2. The third-order valence-corrected chi connectivity index (χ3v) is 4.07. The van der Waals surface area contributed by atoms with E-state index in [1.807, 2.05) is 19.1 Å². The highest BCUT2D eigenvalue weighted by Crippen LogP contribution is 2.17. The van der Waals surface area contributed by atoms with Crippen molar-refractivity contribution in [3.05, 3.63) is 48.5 Å². The normalized spacial score (nSPS) is 17.6. The minimum atomic E-state index is -0.277. The second-order valence-corrected chi connectivity index (χ2v) is 5.93. The van der Waals surface area contributed by atoms with Crippen LogP contribution in [0.25, 0.3) is 5.65 Å². The lowest BCUT2D eigenvalue weighted by atomic mass is 10.3. The second-order valence-electron chi connectivity index (χ2n) is 5.93. The molecule has 1 aliphatic rings. The zero-order valence-corrected chi connectivity index (χ0v) is 13.8. The number of pyridine rings is 1. The van der Waals surface area contributed by atoms with Gasteiger partial charge in [-0.2, -0.15) is 0 Å². The first kappa shape index (κ1) is 15.5. The summed E-state index contributed by atoms with van der Waals surface area (Å²) in [4.78, 5) is 23.0. The quantitative estimate of drug-likeness (QED) is 0.781. The van der Waals surface area contributed by atoms with Crippen LogP contribution in [0.1, 0.15) is 17.4 Å². The molecule has 0 radical (unpaired) electrons. The molecule has 0 saturated carbocycles. The van der Waals surface area contributed by atoms with Gasteiger partial charge in [-0.1, -0.05) is 0 Å². The molecule has 0 aliphatic carbocycles. The molecule has 0 bridgehead atoms. The maximum absolute atomic E-state index is 12.6. The molecule has 1 amide bonds. The van der Waals surface area contributed by atoms with Crippen molar-refractivity contribution < 1.29 is 9.53 Å². The van der Waals surface area contributed by atoms with Gasteiger partial charge in [-0.15, -0.1) is 5.10 Å². The van der Waals surface area contributed by atoms with E-state index >= 15 is 0 Å². The van der Waals surface area contributed by atoms with Gasteiger partial charge in [0.05, 0.1) is 30.8 Å². The predicted molar refractivity (Wildman–Crippen MR) is 92.8 cm³/mol. The molecule has 1 N–H and O–H groups in total. The Hall–Kier alpha value is -3.00. The van der Waals surface area contributed by atoms with E-state index in [2.05, 4.69) is 25.3 Å². The van der Waals surface area contributed by atoms with E-state index in [4.69, 9.17) is 4.74 Å². The Morgan fingerprint density at radius 2 is 2.24 bits per heavy atom. The van der Waals surface area contributed by atoms with Gasteiger partial charge in [0.15, 0.2) is 11.3 Å². The number of aromatic nitrogens is 4. The highest BCUT2D eigenvalue weighted by Gasteiger charge is 2.20. The van der Waals surface area contributed by atoms with Crippen molar-refractivity contribution in [3.63, 3.8) is 0 Å². The minimum Gasteiger partial charge on any atom is -0.375 e. The van der Waals surface area contributed by atoms with Gasteiger partial charge in [-0.3, -0.25) is 9.78 Å². The number of carbonyl (C=O) groups excluding carboxylic acids is 1. The standard InChI is InChI=1S/C17H18N6O2/c1-12-11-22(7-8-25-12)16-5-4-15-19-10-14(23(15)21-16)17(24)20-13-3-2-6-18-9-13/h2-6,9-10,12H,7-8,11H2,1H3,(H,20,24)/t12-/m1/s1. The molecule has 0 unspecified atom stereocenters. The molecule has 3 aromatic rings. The monoisotopic (exact) mass is 338 g/mol. The molecule has 25 heavy (non-hydrogen) atoms. The van der Waals surface area contributed by atoms with E-state index < -0.39 is 0 Å². The summed E-state index contributed by atoms with van der Waals surface area (Å²) in [5.74, 6) is 0.525. The lowest BCUT2D eigenvalue weighted by Gasteiger charge is -2.31. The zero-order valence-electron chi connectivity index (χ0n) is 13.8. The average molecular weight is 338 g/mol. The Morgan fingerprint density at radius 3 is 3.04 bits per heavy atom. The maximum Gasteiger partial charge on any atom is 0.276 e. The van der Waals surface area contributed by atoms with Crippen LogP contribution in [-0.2, 0) is 4.74 Å². The van der Waals surface area contributed by atoms with Crippen LogP contribution in [-0.4, -0.2) is 51.3 Å². The Morgan fingerprint density at radius 1 is 1.32 bits per heavy atom. The molecule has 128 valence electrons. The number of hydrogen-bond donors (Lipinski definition) is 1. The number of morpholine rings is 1. The van der Waals surface area contributed by atoms with E-state index in [0.717, 1.165) is 18.9 Å². The number of fused-ring (bicyclic) bond motifs is 1. The first-order valence-corrected chi connectivity index (χ1v) is 8.13. The summed E-state index contributed by atoms with van der Waals surface area (Å²) >= 11 is 0. The fourth-order valence-corrected chi connectivity index (χ4v) is 2.85. The first-order chi connectivity index (χ1) is 12.2. The molecular weight excluding hydrogens is 320 g/mol. The van der Waals surface area contributed by atoms with Crippen molar-refractivity contribution in [2.24, 2.45) is 0 Å². The van der Waals surface area contributed by atoms with Gasteiger partial charge in [-0.05, 0) is 31.2 Å². The van der Waals surface area contributed by atoms with Crippen molar-refractivity contribution in [2.75, 3.05) is 29.9 Å². The number of hydrogen-bond acceptors (Lipinski definition) is 6. The Bertz CT molecular complexity index is 895. The molecular formula is C17H18N6O2. The number of amides is 1. The summed E-state index contributed by atoms with van der Waals surface area (Å²) in [6.07, 6.45) is 4.93. The molecule has 0 spiro atoms. The van der Waals surface area contributed by atoms with Gasteiger partial charge in [0.2, 0.25) is 0 Å². The van der Waals surface area contributed by atoms with Crippen molar-refractivity contribution in [1.29, 1.82) is 0 Å². The number of carbonyl (C=O) groups is 1. The van der Waals surface area contributed by atoms with E-state index in [1.54, 1.807) is 29.0 Å². The van der Waals surface area contributed by atoms with Gasteiger partial charge in [0, 0.05) is 19.3 Å². The number of ether oxygens (including phenoxy) is 1. The fraction of sp³-hybridized carbons (Fsp3) is 0.294. The summed E-state index contributed by atoms with van der Waals surface area (Å²) < 4.78 is 7.14. The summed E-state index contributed by atoms with van der Waals surface area (Å²) in [6.45, 7) is 4.24. The predicted octanol–water partition coefficient (Wildman–Crippen LogP) is 1.60. The van der Waals surface area contributed by atoms with Crippen molar-refractivity contribution in [3.8, 4) is 0 Å². The molecule has 0 aromatic carbocycles. The van der Waals surface area contributed by atoms with Crippen LogP contribution < -0.4 is 10.2 Å². The summed E-state index contributed by atoms with van der Waals surface area (Å²) in [6, 6.07) is 7.33. The second kappa shape index (κ2) is 6.48. The molecule has 1 aliphatic heterocycles. The maximum atomic E-state index is 12.6. The lowest BCUT2D eigenvalue weighted by molar-refractivity contribution is 0.0528. The Balaban J connectivity index is 1.63. The Labute approximate surface area is 144 Å². The Kier molecular flexibility index (Phi) is 4.02. The summed E-state index contributed by atoms with van der Waals surface area (Å²) in [7, 11) is 0. The SMILES string of the molecule is C[C@@H]1CN(c2ccc3ncc(C(=O)Nc4cccnc4)n3n2)CCO1. The molecule has 1 saturated heterocycles. The molecule has 8 nitrogen and oxygen atoms in total. The number of rotatable bonds is 3. The van der Waals surface area contributed by atoms with Gasteiger partial charge in [-0.25, -0.2) is 9.50 Å². The van der Waals surface area contributed by atoms with Crippen LogP contribution >= 0.6 is 0 Å². The molecule has 1 fully saturated rings. The van der Waals surface area contributed by atoms with Gasteiger partial charge < -0.3 is 15.0 Å². The molecule has 1 atom stereocenters. The van der Waals surface area contributed by atoms with Crippen LogP contribution in [0.4, 0.5) is 11.5 Å². The van der Waals surface area contributed by atoms with E-state index in [9.17, 15) is 4.79 Å². The van der Waals surface area contributed by atoms with Crippen LogP contribution in [0.2, 0.25) is 0 Å². The molecule has 3 aromatic heterocycles. The van der Waals surface area contributed by atoms with Crippen molar-refractivity contribution in [1.82, 2.24) is 19.6 Å². The third kappa shape index (κ3) is 3.16. The average Bonchev–Trinajstić information content (AvgIpc) is 3.06. The third-order valence-electron chi connectivity index (χ3n) is 4.07. The van der Waals surface area contributed by atoms with E-state index in [-0.39, 0.29) is 12.0 Å². The minimum absolute atomic E-state index is 0.155. The van der Waals surface area contributed by atoms with Gasteiger partial charge in [0.25, 0.3) is 5.91 Å². The first-order valence-electron chi connectivity index (χ1n) is 8.13. The van der Waals surface area contributed by atoms with E-state index in [0.29, 0.717) is 23.6 Å². The molecule has 4 rings (SSSR count). The van der Waals surface area contributed by atoms with E-state index in [1.165, 1.54) is 6.20 Å². The van der Waals surface area contributed by atoms with Gasteiger partial charge in [0.1, 0.15) is 5.82 Å². The topological polar surface area (TPSA) is 84.7 Å². The van der Waals surface area contributed by atoms with Crippen LogP contribution in [0.5, 0.6) is 0 Å².